The molecule has 10 heteroatoms. The van der Waals surface area contributed by atoms with E-state index in [1.54, 1.807) is 0 Å². The van der Waals surface area contributed by atoms with Gasteiger partial charge in [0.25, 0.3) is 11.8 Å². The summed E-state index contributed by atoms with van der Waals surface area (Å²) in [7, 11) is -3.85. The van der Waals surface area contributed by atoms with Crippen LogP contribution in [0.1, 0.15) is 29.8 Å². The number of benzene rings is 2. The van der Waals surface area contributed by atoms with Crippen molar-refractivity contribution in [3.8, 4) is 0 Å². The highest BCUT2D eigenvalue weighted by atomic mass is 32.2. The quantitative estimate of drug-likeness (QED) is 0.675. The van der Waals surface area contributed by atoms with Crippen molar-refractivity contribution in [3.05, 3.63) is 65.2 Å². The van der Waals surface area contributed by atoms with Crippen LogP contribution in [0.15, 0.2) is 42.5 Å². The van der Waals surface area contributed by atoms with E-state index in [-0.39, 0.29) is 5.69 Å². The summed E-state index contributed by atoms with van der Waals surface area (Å²) >= 11 is 0. The molecule has 2 N–H and O–H groups in total. The maximum atomic E-state index is 14.2. The lowest BCUT2D eigenvalue weighted by Gasteiger charge is -2.19. The zero-order chi connectivity index (χ0) is 21.1. The molecule has 2 aromatic rings. The SMILES string of the molecule is CC(C)S(=O)(=O)NCC(F)(F)c1ccc(NC(=O)c2ccc(F)cc2F)cc1. The molecule has 0 aliphatic rings. The first kappa shape index (κ1) is 21.8. The number of halogens is 4. The van der Waals surface area contributed by atoms with E-state index in [4.69, 9.17) is 0 Å². The van der Waals surface area contributed by atoms with Crippen LogP contribution in [-0.2, 0) is 15.9 Å². The van der Waals surface area contributed by atoms with Crippen molar-refractivity contribution in [1.29, 1.82) is 0 Å². The van der Waals surface area contributed by atoms with Crippen LogP contribution in [0, 0.1) is 11.6 Å². The summed E-state index contributed by atoms with van der Waals surface area (Å²) in [5, 5.41) is 1.46. The van der Waals surface area contributed by atoms with E-state index in [0.717, 1.165) is 24.3 Å². The summed E-state index contributed by atoms with van der Waals surface area (Å²) in [4.78, 5) is 12.0. The van der Waals surface area contributed by atoms with Gasteiger partial charge in [-0.3, -0.25) is 4.79 Å². The summed E-state index contributed by atoms with van der Waals surface area (Å²) in [5.41, 5.74) is -0.764. The normalized spacial score (nSPS) is 12.2. The number of carbonyl (C=O) groups excluding carboxylic acids is 1. The van der Waals surface area contributed by atoms with Crippen LogP contribution in [-0.4, -0.2) is 26.1 Å². The Hall–Kier alpha value is -2.46. The maximum Gasteiger partial charge on any atom is 0.286 e. The molecule has 2 aromatic carbocycles. The van der Waals surface area contributed by atoms with E-state index in [0.29, 0.717) is 6.07 Å². The number of hydrogen-bond donors (Lipinski definition) is 2. The second-order valence-electron chi connectivity index (χ2n) is 6.27. The highest BCUT2D eigenvalue weighted by Crippen LogP contribution is 2.28. The van der Waals surface area contributed by atoms with Gasteiger partial charge in [0, 0.05) is 17.3 Å². The number of hydrogen-bond acceptors (Lipinski definition) is 3. The van der Waals surface area contributed by atoms with Crippen molar-refractivity contribution in [2.24, 2.45) is 0 Å². The molecule has 0 saturated carbocycles. The molecule has 152 valence electrons. The Bertz CT molecular complexity index is 961. The zero-order valence-electron chi connectivity index (χ0n) is 15.0. The number of carbonyl (C=O) groups is 1. The van der Waals surface area contributed by atoms with Gasteiger partial charge >= 0.3 is 0 Å². The van der Waals surface area contributed by atoms with Crippen molar-refractivity contribution in [3.63, 3.8) is 0 Å². The van der Waals surface area contributed by atoms with Crippen LogP contribution >= 0.6 is 0 Å². The van der Waals surface area contributed by atoms with Crippen LogP contribution in [0.2, 0.25) is 0 Å². The Balaban J connectivity index is 2.09. The highest BCUT2D eigenvalue weighted by molar-refractivity contribution is 7.90. The molecule has 0 saturated heterocycles. The number of amides is 1. The second kappa shape index (κ2) is 8.27. The molecule has 0 aliphatic carbocycles. The molecule has 0 unspecified atom stereocenters. The molecule has 0 bridgehead atoms. The minimum Gasteiger partial charge on any atom is -0.322 e. The summed E-state index contributed by atoms with van der Waals surface area (Å²) in [6.07, 6.45) is 0. The Morgan fingerprint density at radius 3 is 2.21 bits per heavy atom. The molecular formula is C18H18F4N2O3S. The fourth-order valence-electron chi connectivity index (χ4n) is 2.13. The fraction of sp³-hybridized carbons (Fsp3) is 0.278. The largest absolute Gasteiger partial charge is 0.322 e. The number of sulfonamides is 1. The van der Waals surface area contributed by atoms with Crippen molar-refractivity contribution in [2.45, 2.75) is 25.0 Å². The molecule has 0 fully saturated rings. The lowest BCUT2D eigenvalue weighted by Crippen LogP contribution is -2.38. The Labute approximate surface area is 159 Å². The third-order valence-electron chi connectivity index (χ3n) is 3.86. The molecule has 0 radical (unpaired) electrons. The first-order valence-electron chi connectivity index (χ1n) is 8.15. The van der Waals surface area contributed by atoms with Gasteiger partial charge in [0.05, 0.1) is 17.4 Å². The van der Waals surface area contributed by atoms with Gasteiger partial charge < -0.3 is 5.32 Å². The van der Waals surface area contributed by atoms with Gasteiger partial charge in [-0.2, -0.15) is 8.78 Å². The Morgan fingerprint density at radius 1 is 1.07 bits per heavy atom. The third-order valence-corrected chi connectivity index (χ3v) is 5.64. The molecule has 0 heterocycles. The van der Waals surface area contributed by atoms with Crippen LogP contribution in [0.3, 0.4) is 0 Å². The number of alkyl halides is 2. The summed E-state index contributed by atoms with van der Waals surface area (Å²) in [5.74, 6) is -6.25. The van der Waals surface area contributed by atoms with E-state index in [2.05, 4.69) is 5.32 Å². The molecule has 28 heavy (non-hydrogen) atoms. The minimum atomic E-state index is -3.85. The average molecular weight is 418 g/mol. The topological polar surface area (TPSA) is 75.3 Å². The lowest BCUT2D eigenvalue weighted by atomic mass is 10.1. The molecule has 0 aliphatic heterocycles. The predicted octanol–water partition coefficient (Wildman–Crippen LogP) is 3.64. The van der Waals surface area contributed by atoms with Crippen molar-refractivity contribution < 1.29 is 30.8 Å². The lowest BCUT2D eigenvalue weighted by molar-refractivity contribution is 0.00208. The van der Waals surface area contributed by atoms with Gasteiger partial charge in [-0.25, -0.2) is 21.9 Å². The van der Waals surface area contributed by atoms with Crippen LogP contribution < -0.4 is 10.0 Å². The Morgan fingerprint density at radius 2 is 1.68 bits per heavy atom. The predicted molar refractivity (Wildman–Crippen MR) is 96.7 cm³/mol. The van der Waals surface area contributed by atoms with Gasteiger partial charge in [0.15, 0.2) is 0 Å². The van der Waals surface area contributed by atoms with E-state index in [9.17, 15) is 30.8 Å². The van der Waals surface area contributed by atoms with E-state index in [1.807, 2.05) is 4.72 Å². The first-order chi connectivity index (χ1) is 12.9. The number of rotatable bonds is 7. The van der Waals surface area contributed by atoms with Gasteiger partial charge in [-0.1, -0.05) is 12.1 Å². The summed E-state index contributed by atoms with van der Waals surface area (Å²) in [6, 6.07) is 6.79. The monoisotopic (exact) mass is 418 g/mol. The van der Waals surface area contributed by atoms with E-state index >= 15 is 0 Å². The molecule has 1 amide bonds. The second-order valence-corrected chi connectivity index (χ2v) is 8.60. The third kappa shape index (κ3) is 5.29. The van der Waals surface area contributed by atoms with E-state index < -0.39 is 56.4 Å². The van der Waals surface area contributed by atoms with E-state index in [1.165, 1.54) is 26.0 Å². The van der Waals surface area contributed by atoms with Gasteiger partial charge in [-0.15, -0.1) is 0 Å². The Kier molecular flexibility index (Phi) is 6.45. The smallest absolute Gasteiger partial charge is 0.286 e. The van der Waals surface area contributed by atoms with Gasteiger partial charge in [0.1, 0.15) is 11.6 Å². The van der Waals surface area contributed by atoms with Crippen molar-refractivity contribution >= 4 is 21.6 Å². The average Bonchev–Trinajstić information content (AvgIpc) is 2.60. The standard InChI is InChI=1S/C18H18F4N2O3S/c1-11(2)28(26,27)23-10-18(21,22)12-3-6-14(7-4-12)24-17(25)15-8-5-13(19)9-16(15)20/h3-9,11,23H,10H2,1-2H3,(H,24,25). The number of anilines is 1. The highest BCUT2D eigenvalue weighted by Gasteiger charge is 2.33. The van der Waals surface area contributed by atoms with Crippen molar-refractivity contribution in [1.82, 2.24) is 4.72 Å². The minimum absolute atomic E-state index is 0.107. The molecule has 2 rings (SSSR count). The molecular weight excluding hydrogens is 400 g/mol. The summed E-state index contributed by atoms with van der Waals surface area (Å²) in [6.45, 7) is 1.61. The zero-order valence-corrected chi connectivity index (χ0v) is 15.8. The summed E-state index contributed by atoms with van der Waals surface area (Å²) < 4.78 is 80.0. The van der Waals surface area contributed by atoms with Gasteiger partial charge in [0.2, 0.25) is 10.0 Å². The van der Waals surface area contributed by atoms with Crippen LogP contribution in [0.5, 0.6) is 0 Å². The van der Waals surface area contributed by atoms with Gasteiger partial charge in [-0.05, 0) is 38.1 Å². The van der Waals surface area contributed by atoms with Crippen molar-refractivity contribution in [2.75, 3.05) is 11.9 Å². The number of nitrogens with one attached hydrogen (secondary N) is 2. The maximum absolute atomic E-state index is 14.2. The molecule has 5 nitrogen and oxygen atoms in total. The molecule has 0 aromatic heterocycles. The fourth-order valence-corrected chi connectivity index (χ4v) is 2.85. The van der Waals surface area contributed by atoms with Crippen LogP contribution in [0.4, 0.5) is 23.2 Å². The van der Waals surface area contributed by atoms with Crippen LogP contribution in [0.25, 0.3) is 0 Å². The molecule has 0 atom stereocenters. The first-order valence-corrected chi connectivity index (χ1v) is 9.70. The molecule has 0 spiro atoms.